The molecule has 0 spiro atoms. The molecule has 20 heavy (non-hydrogen) atoms. The van der Waals surface area contributed by atoms with E-state index in [0.29, 0.717) is 19.8 Å². The zero-order valence-electron chi connectivity index (χ0n) is 13.1. The Bertz CT molecular complexity index is 264. The van der Waals surface area contributed by atoms with Gasteiger partial charge in [0.25, 0.3) is 0 Å². The second-order valence-corrected chi connectivity index (χ2v) is 5.04. The molecule has 1 fully saturated rings. The average molecular weight is 287 g/mol. The molecule has 0 radical (unpaired) electrons. The Morgan fingerprint density at radius 3 is 2.30 bits per heavy atom. The Balaban J connectivity index is 1.99. The van der Waals surface area contributed by atoms with E-state index in [4.69, 9.17) is 9.47 Å². The summed E-state index contributed by atoms with van der Waals surface area (Å²) < 4.78 is 10.7. The molecule has 0 bridgehead atoms. The van der Waals surface area contributed by atoms with Gasteiger partial charge in [0.2, 0.25) is 0 Å². The monoisotopic (exact) mass is 287 g/mol. The number of rotatable bonds is 8. The molecule has 118 valence electrons. The molecule has 0 aromatic rings. The van der Waals surface area contributed by atoms with Crippen molar-refractivity contribution in [2.45, 2.75) is 13.8 Å². The van der Waals surface area contributed by atoms with Crippen LogP contribution in [-0.2, 0) is 9.47 Å². The fourth-order valence-electron chi connectivity index (χ4n) is 2.10. The van der Waals surface area contributed by atoms with Crippen LogP contribution in [0.15, 0.2) is 0 Å². The van der Waals surface area contributed by atoms with Crippen molar-refractivity contribution < 1.29 is 14.3 Å². The van der Waals surface area contributed by atoms with Crippen molar-refractivity contribution in [3.05, 3.63) is 0 Å². The minimum atomic E-state index is -0.217. The standard InChI is InChI=1S/C14H29N3O3/c1-4-16(5-2)10-11-19-12-13-20-14(18)17-8-6-15(3)7-9-17/h4-13H2,1-3H3. The van der Waals surface area contributed by atoms with Gasteiger partial charge in [0.1, 0.15) is 6.61 Å². The number of amides is 1. The van der Waals surface area contributed by atoms with Gasteiger partial charge in [-0.1, -0.05) is 13.8 Å². The van der Waals surface area contributed by atoms with Crippen LogP contribution in [0.5, 0.6) is 0 Å². The predicted octanol–water partition coefficient (Wildman–Crippen LogP) is 0.729. The summed E-state index contributed by atoms with van der Waals surface area (Å²) in [4.78, 5) is 18.0. The van der Waals surface area contributed by atoms with Crippen LogP contribution in [0, 0.1) is 0 Å². The second kappa shape index (κ2) is 9.96. The molecule has 1 saturated heterocycles. The fraction of sp³-hybridized carbons (Fsp3) is 0.929. The van der Waals surface area contributed by atoms with Crippen molar-refractivity contribution >= 4 is 6.09 Å². The lowest BCUT2D eigenvalue weighted by atomic mass is 10.3. The number of hydrogen-bond donors (Lipinski definition) is 0. The van der Waals surface area contributed by atoms with Crippen LogP contribution in [0.4, 0.5) is 4.79 Å². The predicted molar refractivity (Wildman–Crippen MR) is 79.0 cm³/mol. The van der Waals surface area contributed by atoms with Crippen molar-refractivity contribution in [1.29, 1.82) is 0 Å². The zero-order chi connectivity index (χ0) is 14.8. The van der Waals surface area contributed by atoms with E-state index in [1.54, 1.807) is 4.90 Å². The highest BCUT2D eigenvalue weighted by molar-refractivity contribution is 5.67. The number of carbonyl (C=O) groups excluding carboxylic acids is 1. The van der Waals surface area contributed by atoms with E-state index in [0.717, 1.165) is 45.8 Å². The first-order chi connectivity index (χ1) is 9.67. The number of ether oxygens (including phenoxy) is 2. The normalized spacial score (nSPS) is 16.7. The molecule has 1 rings (SSSR count). The van der Waals surface area contributed by atoms with Crippen molar-refractivity contribution in [3.63, 3.8) is 0 Å². The minimum absolute atomic E-state index is 0.217. The smallest absolute Gasteiger partial charge is 0.409 e. The van der Waals surface area contributed by atoms with Gasteiger partial charge in [-0.2, -0.15) is 0 Å². The van der Waals surface area contributed by atoms with Crippen LogP contribution in [0.1, 0.15) is 13.8 Å². The summed E-state index contributed by atoms with van der Waals surface area (Å²) in [5.74, 6) is 0. The van der Waals surface area contributed by atoms with Crippen molar-refractivity contribution in [3.8, 4) is 0 Å². The number of hydrogen-bond acceptors (Lipinski definition) is 5. The quantitative estimate of drug-likeness (QED) is 0.616. The van der Waals surface area contributed by atoms with Crippen molar-refractivity contribution in [2.24, 2.45) is 0 Å². The number of carbonyl (C=O) groups is 1. The number of likely N-dealkylation sites (N-methyl/N-ethyl adjacent to an activating group) is 2. The van der Waals surface area contributed by atoms with Gasteiger partial charge in [-0.25, -0.2) is 4.79 Å². The Labute approximate surface area is 122 Å². The van der Waals surface area contributed by atoms with Crippen LogP contribution in [-0.4, -0.2) is 93.5 Å². The summed E-state index contributed by atoms with van der Waals surface area (Å²) in [5.41, 5.74) is 0. The lowest BCUT2D eigenvalue weighted by molar-refractivity contribution is 0.0408. The number of piperazine rings is 1. The minimum Gasteiger partial charge on any atom is -0.447 e. The van der Waals surface area contributed by atoms with Crippen LogP contribution in [0.25, 0.3) is 0 Å². The van der Waals surface area contributed by atoms with Crippen molar-refractivity contribution in [2.75, 3.05) is 72.7 Å². The summed E-state index contributed by atoms with van der Waals surface area (Å²) in [5, 5.41) is 0. The molecule has 6 heteroatoms. The van der Waals surface area contributed by atoms with Crippen LogP contribution in [0.3, 0.4) is 0 Å². The van der Waals surface area contributed by atoms with Gasteiger partial charge in [-0.3, -0.25) is 0 Å². The van der Waals surface area contributed by atoms with E-state index in [1.807, 2.05) is 0 Å². The molecule has 0 unspecified atom stereocenters. The largest absolute Gasteiger partial charge is 0.447 e. The first kappa shape index (κ1) is 17.2. The molecule has 0 aromatic heterocycles. The highest BCUT2D eigenvalue weighted by atomic mass is 16.6. The summed E-state index contributed by atoms with van der Waals surface area (Å²) in [6.45, 7) is 12.1. The van der Waals surface area contributed by atoms with E-state index in [-0.39, 0.29) is 6.09 Å². The van der Waals surface area contributed by atoms with Crippen molar-refractivity contribution in [1.82, 2.24) is 14.7 Å². The molecule has 0 aliphatic carbocycles. The lowest BCUT2D eigenvalue weighted by Gasteiger charge is -2.31. The topological polar surface area (TPSA) is 45.3 Å². The first-order valence-corrected chi connectivity index (χ1v) is 7.57. The molecule has 1 amide bonds. The van der Waals surface area contributed by atoms with Gasteiger partial charge >= 0.3 is 6.09 Å². The second-order valence-electron chi connectivity index (χ2n) is 5.04. The maximum Gasteiger partial charge on any atom is 0.409 e. The van der Waals surface area contributed by atoms with Crippen LogP contribution >= 0.6 is 0 Å². The van der Waals surface area contributed by atoms with E-state index in [1.165, 1.54) is 0 Å². The fourth-order valence-corrected chi connectivity index (χ4v) is 2.10. The molecular weight excluding hydrogens is 258 g/mol. The molecule has 1 heterocycles. The third-order valence-electron chi connectivity index (χ3n) is 3.66. The molecular formula is C14H29N3O3. The Morgan fingerprint density at radius 2 is 1.70 bits per heavy atom. The molecule has 0 aromatic carbocycles. The van der Waals surface area contributed by atoms with E-state index >= 15 is 0 Å². The summed E-state index contributed by atoms with van der Waals surface area (Å²) in [6, 6.07) is 0. The molecule has 1 aliphatic rings. The molecule has 1 aliphatic heterocycles. The molecule has 0 atom stereocenters. The third kappa shape index (κ3) is 6.54. The SMILES string of the molecule is CCN(CC)CCOCCOC(=O)N1CCN(C)CC1. The lowest BCUT2D eigenvalue weighted by Crippen LogP contribution is -2.47. The van der Waals surface area contributed by atoms with E-state index in [2.05, 4.69) is 30.7 Å². The van der Waals surface area contributed by atoms with Gasteiger partial charge in [0.15, 0.2) is 0 Å². The molecule has 0 saturated carbocycles. The van der Waals surface area contributed by atoms with Gasteiger partial charge in [0, 0.05) is 32.7 Å². The highest BCUT2D eigenvalue weighted by Crippen LogP contribution is 2.01. The first-order valence-electron chi connectivity index (χ1n) is 7.57. The molecule has 0 N–H and O–H groups in total. The highest BCUT2D eigenvalue weighted by Gasteiger charge is 2.19. The molecule has 6 nitrogen and oxygen atoms in total. The average Bonchev–Trinajstić information content (AvgIpc) is 2.47. The van der Waals surface area contributed by atoms with Gasteiger partial charge in [-0.05, 0) is 20.1 Å². The maximum atomic E-state index is 11.8. The third-order valence-corrected chi connectivity index (χ3v) is 3.66. The Kier molecular flexibility index (Phi) is 8.57. The zero-order valence-corrected chi connectivity index (χ0v) is 13.1. The van der Waals surface area contributed by atoms with E-state index in [9.17, 15) is 4.79 Å². The van der Waals surface area contributed by atoms with Gasteiger partial charge in [-0.15, -0.1) is 0 Å². The van der Waals surface area contributed by atoms with Gasteiger partial charge < -0.3 is 24.2 Å². The number of nitrogens with zero attached hydrogens (tertiary/aromatic N) is 3. The maximum absolute atomic E-state index is 11.8. The van der Waals surface area contributed by atoms with Crippen LogP contribution in [0.2, 0.25) is 0 Å². The van der Waals surface area contributed by atoms with E-state index < -0.39 is 0 Å². The summed E-state index contributed by atoms with van der Waals surface area (Å²) >= 11 is 0. The summed E-state index contributed by atoms with van der Waals surface area (Å²) in [7, 11) is 2.06. The Hall–Kier alpha value is -0.850. The van der Waals surface area contributed by atoms with Gasteiger partial charge in [0.05, 0.1) is 13.2 Å². The Morgan fingerprint density at radius 1 is 1.05 bits per heavy atom. The summed E-state index contributed by atoms with van der Waals surface area (Å²) in [6.07, 6.45) is -0.217. The van der Waals surface area contributed by atoms with Crippen LogP contribution < -0.4 is 0 Å².